The summed E-state index contributed by atoms with van der Waals surface area (Å²) in [5, 5.41) is 6.27. The summed E-state index contributed by atoms with van der Waals surface area (Å²) in [4.78, 5) is 5.07. The Bertz CT molecular complexity index is 1230. The molecule has 0 radical (unpaired) electrons. The lowest BCUT2D eigenvalue weighted by Gasteiger charge is -2.18. The maximum atomic E-state index is 5.07. The van der Waals surface area contributed by atoms with Crippen molar-refractivity contribution in [2.75, 3.05) is 0 Å². The van der Waals surface area contributed by atoms with E-state index in [0.717, 1.165) is 17.0 Å². The highest BCUT2D eigenvalue weighted by molar-refractivity contribution is 5.89. The van der Waals surface area contributed by atoms with Gasteiger partial charge in [-0.2, -0.15) is 9.61 Å². The number of benzene rings is 1. The Morgan fingerprint density at radius 3 is 2.13 bits per heavy atom. The van der Waals surface area contributed by atoms with Crippen LogP contribution in [-0.2, 0) is 0 Å². The van der Waals surface area contributed by atoms with Crippen molar-refractivity contribution in [2.45, 2.75) is 79.2 Å². The molecule has 0 spiro atoms. The first kappa shape index (κ1) is 21.9. The van der Waals surface area contributed by atoms with E-state index in [0.29, 0.717) is 6.04 Å². The lowest BCUT2D eigenvalue weighted by atomic mass is 9.94. The van der Waals surface area contributed by atoms with Crippen LogP contribution in [0.4, 0.5) is 0 Å². The zero-order chi connectivity index (χ0) is 21.0. The summed E-state index contributed by atoms with van der Waals surface area (Å²) in [6.07, 6.45) is 10.2. The predicted molar refractivity (Wildman–Crippen MR) is 132 cm³/mol. The van der Waals surface area contributed by atoms with E-state index in [2.05, 4.69) is 68.1 Å². The van der Waals surface area contributed by atoms with E-state index < -0.39 is 0 Å². The van der Waals surface area contributed by atoms with Gasteiger partial charge < -0.3 is 4.57 Å². The molecule has 1 aliphatic rings. The predicted octanol–water partition coefficient (Wildman–Crippen LogP) is 7.21. The molecule has 0 bridgehead atoms. The molecule has 5 rings (SSSR count). The van der Waals surface area contributed by atoms with Gasteiger partial charge in [0.25, 0.3) is 0 Å². The van der Waals surface area contributed by atoms with Gasteiger partial charge in [0.2, 0.25) is 0 Å². The van der Waals surface area contributed by atoms with Crippen LogP contribution in [-0.4, -0.2) is 19.2 Å². The summed E-state index contributed by atoms with van der Waals surface area (Å²) in [5.41, 5.74) is 10.7. The van der Waals surface area contributed by atoms with E-state index in [9.17, 15) is 0 Å². The molecule has 3 heterocycles. The van der Waals surface area contributed by atoms with Gasteiger partial charge in [0.15, 0.2) is 5.65 Å². The van der Waals surface area contributed by atoms with Crippen LogP contribution in [0.3, 0.4) is 0 Å². The number of hydrogen-bond donors (Lipinski definition) is 0. The molecule has 1 saturated carbocycles. The Morgan fingerprint density at radius 2 is 1.48 bits per heavy atom. The van der Waals surface area contributed by atoms with Crippen LogP contribution in [0.25, 0.3) is 27.8 Å². The van der Waals surface area contributed by atoms with Crippen LogP contribution in [0.1, 0.15) is 72.6 Å². The monoisotopic (exact) mass is 436 g/mol. The smallest absolute Gasteiger partial charge is 0.165 e. The molecular formula is C26H33ClN4. The largest absolute Gasteiger partial charge is 0.329 e. The first-order chi connectivity index (χ1) is 14.5. The van der Waals surface area contributed by atoms with Crippen molar-refractivity contribution in [3.63, 3.8) is 0 Å². The molecule has 1 aliphatic carbocycles. The van der Waals surface area contributed by atoms with E-state index in [1.54, 1.807) is 0 Å². The standard InChI is InChI=1S/C26H32N4.ClH/c1-16-14-17(2)23(18(3)15-16)24-20(5)28-30-25(24)27-19(4)22-12-13-29(26(22)30)21-10-8-6-7-9-11-21;/h12-15,21H,6-11H2,1-5H3;1H. The Balaban J connectivity index is 0.00000231. The Morgan fingerprint density at radius 1 is 0.839 bits per heavy atom. The fourth-order valence-corrected chi connectivity index (χ4v) is 5.63. The van der Waals surface area contributed by atoms with Crippen LogP contribution in [0, 0.1) is 34.6 Å². The van der Waals surface area contributed by atoms with Crippen LogP contribution >= 0.6 is 12.4 Å². The maximum absolute atomic E-state index is 5.07. The third-order valence-electron chi connectivity index (χ3n) is 6.93. The summed E-state index contributed by atoms with van der Waals surface area (Å²) in [5.74, 6) is 0. The van der Waals surface area contributed by atoms with Crippen molar-refractivity contribution >= 4 is 29.1 Å². The number of hydrogen-bond acceptors (Lipinski definition) is 2. The molecule has 3 aromatic heterocycles. The van der Waals surface area contributed by atoms with Gasteiger partial charge in [-0.1, -0.05) is 43.4 Å². The molecule has 0 aliphatic heterocycles. The zero-order valence-electron chi connectivity index (χ0n) is 19.3. The van der Waals surface area contributed by atoms with Gasteiger partial charge in [-0.3, -0.25) is 0 Å². The molecule has 4 aromatic rings. The molecule has 1 fully saturated rings. The van der Waals surface area contributed by atoms with E-state index >= 15 is 0 Å². The lowest BCUT2D eigenvalue weighted by molar-refractivity contribution is 0.452. The van der Waals surface area contributed by atoms with Crippen LogP contribution in [0.15, 0.2) is 24.4 Å². The minimum atomic E-state index is 0. The van der Waals surface area contributed by atoms with Crippen molar-refractivity contribution < 1.29 is 0 Å². The van der Waals surface area contributed by atoms with E-state index in [1.165, 1.54) is 77.4 Å². The third kappa shape index (κ3) is 3.55. The lowest BCUT2D eigenvalue weighted by Crippen LogP contribution is -2.10. The number of rotatable bonds is 2. The van der Waals surface area contributed by atoms with Crippen LogP contribution < -0.4 is 0 Å². The Kier molecular flexibility index (Phi) is 5.87. The van der Waals surface area contributed by atoms with Crippen molar-refractivity contribution in [3.8, 4) is 11.1 Å². The average Bonchev–Trinajstić information content (AvgIpc) is 3.13. The van der Waals surface area contributed by atoms with Gasteiger partial charge in [-0.25, -0.2) is 4.98 Å². The molecule has 1 aromatic carbocycles. The molecule has 0 atom stereocenters. The fourth-order valence-electron chi connectivity index (χ4n) is 5.63. The second-order valence-corrected chi connectivity index (χ2v) is 9.27. The number of nitrogens with zero attached hydrogens (tertiary/aromatic N) is 4. The van der Waals surface area contributed by atoms with Crippen LogP contribution in [0.5, 0.6) is 0 Å². The second kappa shape index (κ2) is 8.31. The average molecular weight is 437 g/mol. The van der Waals surface area contributed by atoms with Crippen molar-refractivity contribution in [3.05, 3.63) is 52.5 Å². The number of aryl methyl sites for hydroxylation is 5. The zero-order valence-corrected chi connectivity index (χ0v) is 20.1. The molecule has 0 amide bonds. The summed E-state index contributed by atoms with van der Waals surface area (Å²) >= 11 is 0. The van der Waals surface area contributed by atoms with Crippen molar-refractivity contribution in [1.29, 1.82) is 0 Å². The van der Waals surface area contributed by atoms with E-state index in [-0.39, 0.29) is 12.4 Å². The van der Waals surface area contributed by atoms with Gasteiger partial charge in [-0.05, 0) is 70.2 Å². The van der Waals surface area contributed by atoms with Crippen molar-refractivity contribution in [1.82, 2.24) is 19.2 Å². The molecule has 4 nitrogen and oxygen atoms in total. The van der Waals surface area contributed by atoms with Gasteiger partial charge in [0.1, 0.15) is 5.65 Å². The highest BCUT2D eigenvalue weighted by Gasteiger charge is 2.23. The third-order valence-corrected chi connectivity index (χ3v) is 6.93. The molecule has 164 valence electrons. The summed E-state index contributed by atoms with van der Waals surface area (Å²) in [6, 6.07) is 7.34. The quantitative estimate of drug-likeness (QED) is 0.311. The van der Waals surface area contributed by atoms with Gasteiger partial charge in [0, 0.05) is 17.6 Å². The molecule has 31 heavy (non-hydrogen) atoms. The fraction of sp³-hybridized carbons (Fsp3) is 0.462. The molecular weight excluding hydrogens is 404 g/mol. The van der Waals surface area contributed by atoms with Gasteiger partial charge >= 0.3 is 0 Å². The topological polar surface area (TPSA) is 35.1 Å². The number of fused-ring (bicyclic) bond motifs is 3. The number of halogens is 1. The molecule has 5 heteroatoms. The molecule has 0 saturated heterocycles. The minimum absolute atomic E-state index is 0. The van der Waals surface area contributed by atoms with Gasteiger partial charge in [0.05, 0.1) is 17.0 Å². The first-order valence-corrected chi connectivity index (χ1v) is 11.4. The van der Waals surface area contributed by atoms with E-state index in [4.69, 9.17) is 10.1 Å². The summed E-state index contributed by atoms with van der Waals surface area (Å²) < 4.78 is 4.62. The first-order valence-electron chi connectivity index (χ1n) is 11.4. The highest BCUT2D eigenvalue weighted by atomic mass is 35.5. The summed E-state index contributed by atoms with van der Waals surface area (Å²) in [6.45, 7) is 10.8. The Labute approximate surface area is 191 Å². The van der Waals surface area contributed by atoms with Crippen LogP contribution in [0.2, 0.25) is 0 Å². The minimum Gasteiger partial charge on any atom is -0.329 e. The van der Waals surface area contributed by atoms with Gasteiger partial charge in [-0.15, -0.1) is 12.4 Å². The van der Waals surface area contributed by atoms with E-state index in [1.807, 2.05) is 0 Å². The normalized spacial score (nSPS) is 15.4. The highest BCUT2D eigenvalue weighted by Crippen LogP contribution is 2.37. The SMILES string of the molecule is Cc1cc(C)c(-c2c(C)nn3c2nc(C)c2ccn(C4CCCCCC4)c23)c(C)c1.Cl. The summed E-state index contributed by atoms with van der Waals surface area (Å²) in [7, 11) is 0. The Hall–Kier alpha value is -2.33. The maximum Gasteiger partial charge on any atom is 0.165 e. The van der Waals surface area contributed by atoms with Crippen molar-refractivity contribution in [2.24, 2.45) is 0 Å². The number of aromatic nitrogens is 4. The second-order valence-electron chi connectivity index (χ2n) is 9.27. The molecule has 0 unspecified atom stereocenters. The molecule has 0 N–H and O–H groups in total.